The van der Waals surface area contributed by atoms with Gasteiger partial charge in [0.15, 0.2) is 34.8 Å². The zero-order chi connectivity index (χ0) is 26.0. The number of rotatable bonds is 7. The van der Waals surface area contributed by atoms with Crippen molar-refractivity contribution in [2.75, 3.05) is 6.61 Å². The summed E-state index contributed by atoms with van der Waals surface area (Å²) >= 11 is 0. The number of aromatic hydroxyl groups is 1. The predicted octanol–water partition coefficient (Wildman–Crippen LogP) is 8.11. The van der Waals surface area contributed by atoms with Crippen molar-refractivity contribution in [2.45, 2.75) is 39.0 Å². The Morgan fingerprint density at radius 3 is 2.08 bits per heavy atom. The molecule has 1 unspecified atom stereocenters. The molecule has 1 N–H and O–H groups in total. The summed E-state index contributed by atoms with van der Waals surface area (Å²) < 4.78 is 91.2. The van der Waals surface area contributed by atoms with Gasteiger partial charge in [0, 0.05) is 16.7 Å². The maximum atomic E-state index is 15.0. The highest BCUT2D eigenvalue weighted by Gasteiger charge is 2.24. The minimum absolute atomic E-state index is 0.0492. The fourth-order valence-electron chi connectivity index (χ4n) is 4.54. The zero-order valence-corrected chi connectivity index (χ0v) is 19.5. The minimum Gasteiger partial charge on any atom is -0.505 e. The molecule has 0 aliphatic heterocycles. The number of phenolic OH excluding ortho intramolecular Hbond substituents is 1. The molecule has 0 aromatic heterocycles. The molecular weight excluding hydrogens is 482 g/mol. The number of hydrogen-bond donors (Lipinski definition) is 1. The van der Waals surface area contributed by atoms with Gasteiger partial charge in [-0.3, -0.25) is 0 Å². The summed E-state index contributed by atoms with van der Waals surface area (Å²) in [5.41, 5.74) is 0.00643. The summed E-state index contributed by atoms with van der Waals surface area (Å²) in [5, 5.41) is 9.24. The summed E-state index contributed by atoms with van der Waals surface area (Å²) in [7, 11) is 0. The fourth-order valence-corrected chi connectivity index (χ4v) is 4.54. The molecule has 0 saturated heterocycles. The summed E-state index contributed by atoms with van der Waals surface area (Å²) in [5.74, 6) is -8.26. The standard InChI is InChI=1S/C28H24F6O2/c1-2-36-22-14-12-20(26(32)28(22)34)19-11-10-18(24(30)25(19)31)16-6-3-15(4-7-16)5-8-17-9-13-21(35)27(33)23(17)29/h6,9-15,35H,2-5,7-8H2,1H3. The molecule has 1 atom stereocenters. The maximum absolute atomic E-state index is 15.0. The van der Waals surface area contributed by atoms with Crippen LogP contribution in [0.2, 0.25) is 0 Å². The van der Waals surface area contributed by atoms with Gasteiger partial charge in [-0.25, -0.2) is 17.6 Å². The van der Waals surface area contributed by atoms with Gasteiger partial charge in [-0.1, -0.05) is 24.3 Å². The van der Waals surface area contributed by atoms with Gasteiger partial charge in [0.1, 0.15) is 0 Å². The molecule has 0 fully saturated rings. The van der Waals surface area contributed by atoms with E-state index in [1.165, 1.54) is 24.3 Å². The molecule has 8 heteroatoms. The monoisotopic (exact) mass is 506 g/mol. The normalized spacial score (nSPS) is 15.6. The van der Waals surface area contributed by atoms with Gasteiger partial charge < -0.3 is 9.84 Å². The third kappa shape index (κ3) is 4.94. The van der Waals surface area contributed by atoms with Crippen molar-refractivity contribution in [3.8, 4) is 22.6 Å². The Bertz CT molecular complexity index is 1320. The van der Waals surface area contributed by atoms with Gasteiger partial charge in [0.05, 0.1) is 6.61 Å². The van der Waals surface area contributed by atoms with E-state index in [9.17, 15) is 31.4 Å². The minimum atomic E-state index is -1.32. The second-order valence-corrected chi connectivity index (χ2v) is 8.74. The first-order valence-electron chi connectivity index (χ1n) is 11.7. The lowest BCUT2D eigenvalue weighted by Crippen LogP contribution is -2.09. The molecule has 36 heavy (non-hydrogen) atoms. The topological polar surface area (TPSA) is 29.5 Å². The van der Waals surface area contributed by atoms with Crippen LogP contribution in [0.4, 0.5) is 26.3 Å². The van der Waals surface area contributed by atoms with Crippen molar-refractivity contribution in [3.63, 3.8) is 0 Å². The van der Waals surface area contributed by atoms with Crippen LogP contribution in [0.15, 0.2) is 42.5 Å². The molecule has 4 rings (SSSR count). The van der Waals surface area contributed by atoms with E-state index >= 15 is 0 Å². The van der Waals surface area contributed by atoms with Crippen molar-refractivity contribution in [1.82, 2.24) is 0 Å². The molecule has 2 nitrogen and oxygen atoms in total. The van der Waals surface area contributed by atoms with E-state index in [1.54, 1.807) is 13.0 Å². The number of ether oxygens (including phenoxy) is 1. The molecule has 190 valence electrons. The molecule has 0 saturated carbocycles. The number of aryl methyl sites for hydroxylation is 1. The number of halogens is 6. The van der Waals surface area contributed by atoms with Crippen molar-refractivity contribution >= 4 is 5.57 Å². The molecule has 1 aliphatic rings. The quantitative estimate of drug-likeness (QED) is 0.328. The van der Waals surface area contributed by atoms with Crippen LogP contribution in [0.5, 0.6) is 11.5 Å². The Hall–Kier alpha value is -3.42. The summed E-state index contributed by atoms with van der Waals surface area (Å²) in [4.78, 5) is 0. The van der Waals surface area contributed by atoms with Crippen molar-refractivity contribution < 1.29 is 36.2 Å². The first-order valence-corrected chi connectivity index (χ1v) is 11.7. The largest absolute Gasteiger partial charge is 0.505 e. The lowest BCUT2D eigenvalue weighted by Gasteiger charge is -2.23. The first-order chi connectivity index (χ1) is 17.2. The average Bonchev–Trinajstić information content (AvgIpc) is 2.88. The van der Waals surface area contributed by atoms with Gasteiger partial charge in [-0.2, -0.15) is 8.78 Å². The van der Waals surface area contributed by atoms with E-state index in [-0.39, 0.29) is 35.8 Å². The van der Waals surface area contributed by atoms with Crippen molar-refractivity contribution in [1.29, 1.82) is 0 Å². The van der Waals surface area contributed by atoms with E-state index in [4.69, 9.17) is 4.74 Å². The Labute approximate surface area is 204 Å². The molecule has 1 aliphatic carbocycles. The molecular formula is C28H24F6O2. The summed E-state index contributed by atoms with van der Waals surface area (Å²) in [6.07, 6.45) is 4.24. The molecule has 0 amide bonds. The van der Waals surface area contributed by atoms with Crippen LogP contribution in [0.25, 0.3) is 16.7 Å². The maximum Gasteiger partial charge on any atom is 0.201 e. The van der Waals surface area contributed by atoms with Gasteiger partial charge >= 0.3 is 0 Å². The Morgan fingerprint density at radius 2 is 1.42 bits per heavy atom. The van der Waals surface area contributed by atoms with Gasteiger partial charge in [-0.15, -0.1) is 0 Å². The van der Waals surface area contributed by atoms with E-state index in [2.05, 4.69) is 0 Å². The number of benzene rings is 3. The molecule has 0 heterocycles. The molecule has 3 aromatic carbocycles. The number of hydrogen-bond acceptors (Lipinski definition) is 2. The van der Waals surface area contributed by atoms with Crippen LogP contribution in [0.3, 0.4) is 0 Å². The SMILES string of the molecule is CCOc1ccc(-c2ccc(C3=CCC(CCc4ccc(O)c(F)c4F)CC3)c(F)c2F)c(F)c1F. The summed E-state index contributed by atoms with van der Waals surface area (Å²) in [6.45, 7) is 1.73. The van der Waals surface area contributed by atoms with Crippen molar-refractivity contribution in [2.24, 2.45) is 5.92 Å². The molecule has 3 aromatic rings. The third-order valence-corrected chi connectivity index (χ3v) is 6.55. The van der Waals surface area contributed by atoms with Gasteiger partial charge in [0.25, 0.3) is 0 Å². The van der Waals surface area contributed by atoms with Crippen LogP contribution in [0, 0.1) is 40.8 Å². The Morgan fingerprint density at radius 1 is 0.778 bits per heavy atom. The van der Waals surface area contributed by atoms with Crippen LogP contribution < -0.4 is 4.74 Å². The van der Waals surface area contributed by atoms with E-state index < -0.39 is 51.8 Å². The lowest BCUT2D eigenvalue weighted by molar-refractivity contribution is 0.314. The molecule has 0 spiro atoms. The highest BCUT2D eigenvalue weighted by atomic mass is 19.2. The first kappa shape index (κ1) is 25.7. The third-order valence-electron chi connectivity index (χ3n) is 6.55. The van der Waals surface area contributed by atoms with Crippen LogP contribution in [-0.4, -0.2) is 11.7 Å². The lowest BCUT2D eigenvalue weighted by atomic mass is 9.83. The van der Waals surface area contributed by atoms with Crippen LogP contribution in [0.1, 0.15) is 43.7 Å². The van der Waals surface area contributed by atoms with E-state index in [1.807, 2.05) is 0 Å². The van der Waals surface area contributed by atoms with Gasteiger partial charge in [-0.05, 0) is 74.3 Å². The second-order valence-electron chi connectivity index (χ2n) is 8.74. The highest BCUT2D eigenvalue weighted by Crippen LogP contribution is 2.38. The van der Waals surface area contributed by atoms with E-state index in [0.29, 0.717) is 31.3 Å². The van der Waals surface area contributed by atoms with Crippen molar-refractivity contribution in [3.05, 3.63) is 88.5 Å². The van der Waals surface area contributed by atoms with Crippen LogP contribution in [-0.2, 0) is 6.42 Å². The Kier molecular flexibility index (Phi) is 7.62. The summed E-state index contributed by atoms with van der Waals surface area (Å²) in [6, 6.07) is 7.35. The highest BCUT2D eigenvalue weighted by molar-refractivity contribution is 5.72. The molecule has 0 bridgehead atoms. The molecule has 0 radical (unpaired) electrons. The van der Waals surface area contributed by atoms with E-state index in [0.717, 1.165) is 12.1 Å². The second kappa shape index (κ2) is 10.7. The zero-order valence-electron chi connectivity index (χ0n) is 19.5. The smallest absolute Gasteiger partial charge is 0.201 e. The average molecular weight is 506 g/mol. The van der Waals surface area contributed by atoms with Gasteiger partial charge in [0.2, 0.25) is 11.6 Å². The predicted molar refractivity (Wildman–Crippen MR) is 125 cm³/mol. The number of allylic oxidation sites excluding steroid dienone is 2. The number of phenols is 1. The van der Waals surface area contributed by atoms with Crippen LogP contribution >= 0.6 is 0 Å². The fraction of sp³-hybridized carbons (Fsp3) is 0.286. The Balaban J connectivity index is 1.49.